The number of carbonyl (C=O) groups is 4. The Bertz CT molecular complexity index is 3250. The number of aliphatic hydroxyl groups excluding tert-OH is 2. The van der Waals surface area contributed by atoms with Gasteiger partial charge in [-0.25, -0.2) is 9.69 Å². The number of nitrogens with one attached hydrogen (secondary N) is 2. The van der Waals surface area contributed by atoms with Gasteiger partial charge in [0, 0.05) is 24.2 Å². The van der Waals surface area contributed by atoms with Crippen LogP contribution in [0.15, 0.2) is 194 Å². The molecule has 4 N–H and O–H groups in total. The van der Waals surface area contributed by atoms with Gasteiger partial charge in [-0.2, -0.15) is 0 Å². The van der Waals surface area contributed by atoms with Crippen molar-refractivity contribution < 1.29 is 38.9 Å². The molecule has 0 saturated carbocycles. The van der Waals surface area contributed by atoms with Crippen molar-refractivity contribution in [1.29, 1.82) is 0 Å². The van der Waals surface area contributed by atoms with Crippen molar-refractivity contribution in [2.75, 3.05) is 38.3 Å². The van der Waals surface area contributed by atoms with Gasteiger partial charge >= 0.3 is 12.0 Å². The first-order chi connectivity index (χ1) is 37.1. The molecule has 0 aliphatic carbocycles. The maximum atomic E-state index is 16.9. The van der Waals surface area contributed by atoms with Crippen molar-refractivity contribution in [3.05, 3.63) is 239 Å². The van der Waals surface area contributed by atoms with Gasteiger partial charge in [0.15, 0.2) is 0 Å². The minimum Gasteiger partial charge on any atom is -0.491 e. The fraction of sp³-hybridized carbons (Fsp3) is 0.238. The Balaban J connectivity index is 1.22. The minimum absolute atomic E-state index is 0.118. The highest BCUT2D eigenvalue weighted by molar-refractivity contribution is 6.24. The van der Waals surface area contributed by atoms with E-state index in [4.69, 9.17) is 9.47 Å². The Morgan fingerprint density at radius 2 is 1.37 bits per heavy atom. The lowest BCUT2D eigenvalue weighted by atomic mass is 9.65. The summed E-state index contributed by atoms with van der Waals surface area (Å²) >= 11 is 0. The third-order valence-corrected chi connectivity index (χ3v) is 14.7. The highest BCUT2D eigenvalue weighted by atomic mass is 16.6. The van der Waals surface area contributed by atoms with Crippen LogP contribution in [0.1, 0.15) is 81.8 Å². The number of rotatable bonds is 15. The highest BCUT2D eigenvalue weighted by Crippen LogP contribution is 2.66. The number of imide groups is 1. The van der Waals surface area contributed by atoms with E-state index >= 15 is 19.2 Å². The second kappa shape index (κ2) is 22.6. The second-order valence-electron chi connectivity index (χ2n) is 19.5. The number of benzene rings is 7. The van der Waals surface area contributed by atoms with Crippen LogP contribution in [0.3, 0.4) is 0 Å². The molecule has 8 atom stereocenters. The number of nitrogens with zero attached hydrogens (tertiary/aromatic N) is 3. The smallest absolute Gasteiger partial charge is 0.329 e. The van der Waals surface area contributed by atoms with E-state index in [-0.39, 0.29) is 36.8 Å². The van der Waals surface area contributed by atoms with E-state index in [2.05, 4.69) is 39.5 Å². The molecular weight excluding hydrogens is 955 g/mol. The molecule has 4 amide bonds. The quantitative estimate of drug-likeness (QED) is 0.0579. The molecule has 0 bridgehead atoms. The van der Waals surface area contributed by atoms with Crippen molar-refractivity contribution in [2.24, 2.45) is 5.92 Å². The molecule has 7 aromatic rings. The molecule has 0 aromatic heterocycles. The molecule has 2 fully saturated rings. The van der Waals surface area contributed by atoms with Crippen molar-refractivity contribution in [3.8, 4) is 17.6 Å². The maximum absolute atomic E-state index is 16.9. The van der Waals surface area contributed by atoms with Crippen LogP contribution >= 0.6 is 0 Å². The molecule has 3 heterocycles. The van der Waals surface area contributed by atoms with Gasteiger partial charge in [0.05, 0.1) is 49.0 Å². The average molecular weight is 1010 g/mol. The number of urea groups is 1. The van der Waals surface area contributed by atoms with E-state index in [1.807, 2.05) is 134 Å². The zero-order valence-electron chi connectivity index (χ0n) is 42.2. The summed E-state index contributed by atoms with van der Waals surface area (Å²) in [7, 11) is 1.98. The predicted octanol–water partition coefficient (Wildman–Crippen LogP) is 8.53. The molecule has 0 unspecified atom stereocenters. The highest BCUT2D eigenvalue weighted by Gasteiger charge is 2.76. The number of aliphatic hydroxyl groups is 2. The van der Waals surface area contributed by atoms with Gasteiger partial charge in [-0.05, 0) is 71.6 Å². The predicted molar refractivity (Wildman–Crippen MR) is 288 cm³/mol. The number of amides is 4. The van der Waals surface area contributed by atoms with Crippen molar-refractivity contribution in [2.45, 2.75) is 55.3 Å². The number of para-hydroxylation sites is 1. The lowest BCUT2D eigenvalue weighted by Gasteiger charge is -2.46. The Morgan fingerprint density at radius 3 is 2.04 bits per heavy atom. The molecule has 10 rings (SSSR count). The molecule has 13 nitrogen and oxygen atoms in total. The summed E-state index contributed by atoms with van der Waals surface area (Å²) in [6.45, 7) is 2.12. The lowest BCUT2D eigenvalue weighted by molar-refractivity contribution is -0.178. The first kappa shape index (κ1) is 51.1. The molecular formula is C63H59N5O8. The van der Waals surface area contributed by atoms with E-state index in [9.17, 15) is 10.2 Å². The van der Waals surface area contributed by atoms with E-state index < -0.39 is 71.5 Å². The van der Waals surface area contributed by atoms with Gasteiger partial charge in [-0.1, -0.05) is 182 Å². The fourth-order valence-electron chi connectivity index (χ4n) is 11.4. The van der Waals surface area contributed by atoms with Crippen molar-refractivity contribution in [3.63, 3.8) is 0 Å². The van der Waals surface area contributed by atoms with Gasteiger partial charge < -0.3 is 30.3 Å². The van der Waals surface area contributed by atoms with Crippen molar-refractivity contribution >= 4 is 29.5 Å². The number of fused-ring (bicyclic) bond motifs is 3. The molecule has 3 aliphatic rings. The first-order valence-corrected chi connectivity index (χ1v) is 25.6. The number of hydrogen-bond acceptors (Lipinski definition) is 10. The number of anilines is 1. The summed E-state index contributed by atoms with van der Waals surface area (Å²) in [4.78, 5) is 68.9. The summed E-state index contributed by atoms with van der Waals surface area (Å²) in [6.07, 6.45) is -2.14. The molecule has 3 aliphatic heterocycles. The van der Waals surface area contributed by atoms with Crippen LogP contribution in [0.2, 0.25) is 0 Å². The summed E-state index contributed by atoms with van der Waals surface area (Å²) in [5, 5.41) is 27.9. The number of carbonyl (C=O) groups excluding carboxylic acids is 4. The van der Waals surface area contributed by atoms with Crippen molar-refractivity contribution in [1.82, 2.24) is 20.4 Å². The zero-order chi connectivity index (χ0) is 52.8. The maximum Gasteiger partial charge on any atom is 0.329 e. The SMILES string of the molecule is C[C@@H](NC(=O)N1C(=O)[C@@]2(c3cc(C#CCN(C)Cc4ccccc4)ccc31)[C@H](c1ccccc1OCCO)N1[C@H](c3ccccc3)[C@H](c3ccccc3)OC(=O)[C@H]1[C@@H]2C(=O)NC[C@H](O)c1ccccc1)c1ccccc1. The van der Waals surface area contributed by atoms with Crippen LogP contribution < -0.4 is 20.3 Å². The zero-order valence-corrected chi connectivity index (χ0v) is 42.2. The number of ether oxygens (including phenoxy) is 2. The van der Waals surface area contributed by atoms with Gasteiger partial charge in [0.1, 0.15) is 29.9 Å². The molecule has 76 heavy (non-hydrogen) atoms. The summed E-state index contributed by atoms with van der Waals surface area (Å²) in [5.41, 5.74) is 3.10. The minimum atomic E-state index is -2.13. The number of hydrogen-bond donors (Lipinski definition) is 4. The largest absolute Gasteiger partial charge is 0.491 e. The van der Waals surface area contributed by atoms with Crippen LogP contribution in [0.5, 0.6) is 5.75 Å². The van der Waals surface area contributed by atoms with Crippen LogP contribution in [-0.4, -0.2) is 83.2 Å². The van der Waals surface area contributed by atoms with E-state index in [1.165, 1.54) is 0 Å². The van der Waals surface area contributed by atoms with Gasteiger partial charge in [0.2, 0.25) is 11.8 Å². The van der Waals surface area contributed by atoms with Gasteiger partial charge in [0.25, 0.3) is 0 Å². The monoisotopic (exact) mass is 1010 g/mol. The first-order valence-electron chi connectivity index (χ1n) is 25.6. The Labute approximate surface area is 442 Å². The summed E-state index contributed by atoms with van der Waals surface area (Å²) in [6, 6.07) is 54.5. The summed E-state index contributed by atoms with van der Waals surface area (Å²) in [5.74, 6) is 3.02. The Kier molecular flexibility index (Phi) is 15.2. The second-order valence-corrected chi connectivity index (χ2v) is 19.5. The molecule has 0 radical (unpaired) electrons. The van der Waals surface area contributed by atoms with Crippen LogP contribution in [-0.2, 0) is 31.1 Å². The molecule has 384 valence electrons. The number of morpholine rings is 1. The fourth-order valence-corrected chi connectivity index (χ4v) is 11.4. The third kappa shape index (κ3) is 9.87. The Hall–Kier alpha value is -8.38. The van der Waals surface area contributed by atoms with Gasteiger partial charge in [-0.15, -0.1) is 0 Å². The average Bonchev–Trinajstić information content (AvgIpc) is 4.01. The normalized spacial score (nSPS) is 21.4. The molecule has 7 aromatic carbocycles. The third-order valence-electron chi connectivity index (χ3n) is 14.7. The van der Waals surface area contributed by atoms with E-state index in [0.717, 1.165) is 21.6 Å². The molecule has 13 heteroatoms. The standard InChI is InChI=1S/C63H59N5O8/c1-42(45-24-10-4-11-25-45)65-62(74)67-51-35-34-43(23-20-36-66(2)41-44-21-8-3-9-22-44)39-50(51)63(61(67)73)54(59(71)64-40-52(70)46-26-12-5-13-27-46)56-60(72)76-57(48-30-16-7-17-31-48)55(47-28-14-6-15-29-47)68(56)58(63)49-32-18-19-33-53(49)75-38-37-69/h3-19,21-22,24-35,39,42,52,54-58,69-70H,36-38,40-41H2,1-2H3,(H,64,71)(H,65,74)/t42-,52+,54-,55-,56-,57+,58+,63-/m1/s1. The molecule has 1 spiro atoms. The molecule has 2 saturated heterocycles. The van der Waals surface area contributed by atoms with E-state index in [0.29, 0.717) is 35.3 Å². The number of esters is 1. The Morgan fingerprint density at radius 1 is 0.763 bits per heavy atom. The lowest BCUT2D eigenvalue weighted by Crippen LogP contribution is -2.56. The summed E-state index contributed by atoms with van der Waals surface area (Å²) < 4.78 is 13.0. The topological polar surface area (TPSA) is 161 Å². The van der Waals surface area contributed by atoms with E-state index in [1.54, 1.807) is 66.7 Å². The van der Waals surface area contributed by atoms with Crippen LogP contribution in [0.25, 0.3) is 0 Å². The van der Waals surface area contributed by atoms with Crippen LogP contribution in [0.4, 0.5) is 10.5 Å². The van der Waals surface area contributed by atoms with Gasteiger partial charge in [-0.3, -0.25) is 24.2 Å². The van der Waals surface area contributed by atoms with Crippen LogP contribution in [0, 0.1) is 17.8 Å². The number of cyclic esters (lactones) is 1.